The van der Waals surface area contributed by atoms with Gasteiger partial charge in [0.05, 0.1) is 27.9 Å². The number of hydrogen-bond acceptors (Lipinski definition) is 12. The zero-order chi connectivity index (χ0) is 39.6. The van der Waals surface area contributed by atoms with Crippen LogP contribution in [-0.2, 0) is 20.7 Å². The molecule has 2 aliphatic heterocycles. The van der Waals surface area contributed by atoms with Crippen LogP contribution in [0.5, 0.6) is 0 Å². The molecule has 3 aromatic heterocycles. The van der Waals surface area contributed by atoms with E-state index in [1.165, 1.54) is 52.0 Å². The lowest BCUT2D eigenvalue weighted by molar-refractivity contribution is -0.126. The Hall–Kier alpha value is -6.81. The van der Waals surface area contributed by atoms with Gasteiger partial charge in [0.25, 0.3) is 17.4 Å². The van der Waals surface area contributed by atoms with Crippen LogP contribution in [0, 0.1) is 5.92 Å². The highest BCUT2D eigenvalue weighted by molar-refractivity contribution is 6.35. The average molecular weight is 775 g/mol. The number of hydrogen-bond donors (Lipinski definition) is 0. The molecule has 0 radical (unpaired) electrons. The van der Waals surface area contributed by atoms with Crippen molar-refractivity contribution in [1.82, 2.24) is 34.6 Å². The van der Waals surface area contributed by atoms with Gasteiger partial charge in [-0.1, -0.05) is 30.7 Å². The maximum Gasteiger partial charge on any atom is 0.435 e. The van der Waals surface area contributed by atoms with Gasteiger partial charge in [-0.3, -0.25) is 19.2 Å². The lowest BCUT2D eigenvalue weighted by Crippen LogP contribution is -2.32. The highest BCUT2D eigenvalue weighted by atomic mass is 35.5. The summed E-state index contributed by atoms with van der Waals surface area (Å²) < 4.78 is 14.8. The van der Waals surface area contributed by atoms with E-state index in [0.29, 0.717) is 34.0 Å². The minimum atomic E-state index is -0.935. The monoisotopic (exact) mass is 774 g/mol. The molecular formula is C39H31ClN8O8. The zero-order valence-corrected chi connectivity index (χ0v) is 31.1. The number of ketones is 1. The molecule has 0 saturated carbocycles. The van der Waals surface area contributed by atoms with E-state index in [1.54, 1.807) is 51.1 Å². The lowest BCUT2D eigenvalue weighted by atomic mass is 9.98. The van der Waals surface area contributed by atoms with E-state index in [2.05, 4.69) is 20.6 Å². The predicted octanol–water partition coefficient (Wildman–Crippen LogP) is 5.24. The average Bonchev–Trinajstić information content (AvgIpc) is 3.94. The van der Waals surface area contributed by atoms with Crippen LogP contribution in [0.3, 0.4) is 0 Å². The number of Topliss-reactive ketones (excluding diaryl/α,β-unsaturated/α-hetero) is 1. The number of rotatable bonds is 7. The van der Waals surface area contributed by atoms with Gasteiger partial charge in [0, 0.05) is 27.7 Å². The molecule has 0 N–H and O–H groups in total. The summed E-state index contributed by atoms with van der Waals surface area (Å²) >= 11 is 6.32. The second-order valence-corrected chi connectivity index (χ2v) is 14.9. The third-order valence-corrected chi connectivity index (χ3v) is 9.74. The molecule has 5 heterocycles. The van der Waals surface area contributed by atoms with Crippen molar-refractivity contribution >= 4 is 58.0 Å². The normalized spacial score (nSPS) is 16.3. The Bertz CT molecular complexity index is 2680. The van der Waals surface area contributed by atoms with Crippen molar-refractivity contribution in [3.63, 3.8) is 0 Å². The number of carbonyl (C=O) groups excluding carboxylic acids is 5. The van der Waals surface area contributed by atoms with Gasteiger partial charge in [-0.15, -0.1) is 10.2 Å². The van der Waals surface area contributed by atoms with Crippen molar-refractivity contribution in [3.8, 4) is 16.8 Å². The van der Waals surface area contributed by atoms with Gasteiger partial charge in [0.1, 0.15) is 18.0 Å². The second-order valence-electron chi connectivity index (χ2n) is 14.5. The Kier molecular flexibility index (Phi) is 8.72. The number of esters is 1. The predicted molar refractivity (Wildman–Crippen MR) is 200 cm³/mol. The molecule has 6 aromatic rings. The van der Waals surface area contributed by atoms with Crippen LogP contribution in [-0.4, -0.2) is 76.4 Å². The number of anilines is 1. The van der Waals surface area contributed by atoms with E-state index in [4.69, 9.17) is 21.1 Å². The summed E-state index contributed by atoms with van der Waals surface area (Å²) in [5.74, 6) is -3.08. The molecule has 16 nitrogen and oxygen atoms in total. The largest absolute Gasteiger partial charge is 0.454 e. The molecule has 2 atom stereocenters. The molecular weight excluding hydrogens is 744 g/mol. The standard InChI is InChI=1S/C39H31ClN8O8/c1-20-13-24-14-22(28-17-23(40)10-12-29(28)45-19-41-43-44-45)16-32(50)46(24)33(20)31(49)18-55-37(53)21-9-11-27-30(15-21)48(38(54)56-39(2,3)4)42-34(27)47-35(51)25-7-5-6-8-26(25)36(47)52/h5-12,14-17,19-20,33H,13,18H2,1-4H3/t20-,33-/m0/s1. The number of amides is 2. The number of imide groups is 1. The summed E-state index contributed by atoms with van der Waals surface area (Å²) in [5, 5.41) is 16.3. The third-order valence-electron chi connectivity index (χ3n) is 9.51. The molecule has 282 valence electrons. The van der Waals surface area contributed by atoms with Gasteiger partial charge in [-0.25, -0.2) is 14.5 Å². The number of ether oxygens (including phenoxy) is 2. The summed E-state index contributed by atoms with van der Waals surface area (Å²) in [5.41, 5.74) is 1.39. The van der Waals surface area contributed by atoms with E-state index < -0.39 is 53.5 Å². The van der Waals surface area contributed by atoms with Crippen LogP contribution in [0.25, 0.3) is 27.7 Å². The Balaban J connectivity index is 1.06. The summed E-state index contributed by atoms with van der Waals surface area (Å²) in [6.45, 7) is 6.16. The number of pyridine rings is 1. The molecule has 3 aromatic carbocycles. The Morgan fingerprint density at radius 2 is 1.64 bits per heavy atom. The third kappa shape index (κ3) is 6.22. The highest BCUT2D eigenvalue weighted by Gasteiger charge is 2.40. The second kappa shape index (κ2) is 13.5. The van der Waals surface area contributed by atoms with Crippen molar-refractivity contribution < 1.29 is 33.4 Å². The first kappa shape index (κ1) is 36.2. The number of tetrazole rings is 1. The summed E-state index contributed by atoms with van der Waals surface area (Å²) in [6.07, 6.45) is 0.902. The number of fused-ring (bicyclic) bond motifs is 3. The molecule has 0 saturated heterocycles. The van der Waals surface area contributed by atoms with Gasteiger partial charge in [-0.2, -0.15) is 9.36 Å². The molecule has 0 fully saturated rings. The van der Waals surface area contributed by atoms with Crippen molar-refractivity contribution in [2.75, 3.05) is 11.5 Å². The number of carbonyl (C=O) groups is 5. The minimum Gasteiger partial charge on any atom is -0.454 e. The maximum absolute atomic E-state index is 13.7. The lowest BCUT2D eigenvalue weighted by Gasteiger charge is -2.19. The van der Waals surface area contributed by atoms with Crippen LogP contribution < -0.4 is 10.5 Å². The minimum absolute atomic E-state index is 0.0505. The van der Waals surface area contributed by atoms with Gasteiger partial charge < -0.3 is 14.0 Å². The molecule has 56 heavy (non-hydrogen) atoms. The smallest absolute Gasteiger partial charge is 0.435 e. The highest BCUT2D eigenvalue weighted by Crippen LogP contribution is 2.36. The molecule has 2 aliphatic rings. The molecule has 8 rings (SSSR count). The van der Waals surface area contributed by atoms with Gasteiger partial charge in [0.15, 0.2) is 18.2 Å². The van der Waals surface area contributed by atoms with Gasteiger partial charge in [0.2, 0.25) is 0 Å². The molecule has 0 unspecified atom stereocenters. The van der Waals surface area contributed by atoms with Crippen molar-refractivity contribution in [2.45, 2.75) is 45.8 Å². The van der Waals surface area contributed by atoms with E-state index in [-0.39, 0.29) is 39.3 Å². The Labute approximate surface area is 322 Å². The molecule has 0 spiro atoms. The first-order valence-electron chi connectivity index (χ1n) is 17.4. The molecule has 0 bridgehead atoms. The van der Waals surface area contributed by atoms with Crippen molar-refractivity contribution in [2.24, 2.45) is 5.92 Å². The van der Waals surface area contributed by atoms with Gasteiger partial charge >= 0.3 is 12.1 Å². The number of nitrogens with zero attached hydrogens (tertiary/aromatic N) is 8. The fourth-order valence-corrected chi connectivity index (χ4v) is 7.33. The van der Waals surface area contributed by atoms with Crippen LogP contribution in [0.2, 0.25) is 5.02 Å². The van der Waals surface area contributed by atoms with Crippen LogP contribution in [0.4, 0.5) is 10.6 Å². The van der Waals surface area contributed by atoms with Crippen LogP contribution in [0.1, 0.15) is 70.5 Å². The van der Waals surface area contributed by atoms with Gasteiger partial charge in [-0.05, 0) is 104 Å². The number of benzene rings is 3. The SMILES string of the molecule is C[C@H]1Cc2cc(-c3cc(Cl)ccc3-n3cnnn3)cc(=O)n2[C@@H]1C(=O)COC(=O)c1ccc2c(N3C(=O)c4ccccc4C3=O)nn(C(=O)OC(C)(C)C)c2c1. The zero-order valence-electron chi connectivity index (χ0n) is 30.3. The quantitative estimate of drug-likeness (QED) is 0.152. The van der Waals surface area contributed by atoms with Crippen molar-refractivity contribution in [1.29, 1.82) is 0 Å². The van der Waals surface area contributed by atoms with Crippen molar-refractivity contribution in [3.05, 3.63) is 117 Å². The molecule has 0 aliphatic carbocycles. The first-order chi connectivity index (χ1) is 26.7. The summed E-state index contributed by atoms with van der Waals surface area (Å²) in [4.78, 5) is 81.7. The number of aromatic nitrogens is 7. The van der Waals surface area contributed by atoms with Crippen LogP contribution >= 0.6 is 11.6 Å². The van der Waals surface area contributed by atoms with E-state index >= 15 is 0 Å². The summed E-state index contributed by atoms with van der Waals surface area (Å²) in [7, 11) is 0. The molecule has 2 amide bonds. The van der Waals surface area contributed by atoms with E-state index in [1.807, 2.05) is 13.0 Å². The summed E-state index contributed by atoms with van der Waals surface area (Å²) in [6, 6.07) is 17.8. The first-order valence-corrected chi connectivity index (χ1v) is 17.8. The topological polar surface area (TPSA) is 190 Å². The fraction of sp³-hybridized carbons (Fsp3) is 0.231. The fourth-order valence-electron chi connectivity index (χ4n) is 7.15. The molecule has 17 heteroatoms. The van der Waals surface area contributed by atoms with E-state index in [9.17, 15) is 28.8 Å². The van der Waals surface area contributed by atoms with Crippen LogP contribution in [0.15, 0.2) is 83.9 Å². The Morgan fingerprint density at radius 3 is 2.32 bits per heavy atom. The Morgan fingerprint density at radius 1 is 0.911 bits per heavy atom. The number of halogens is 1. The van der Waals surface area contributed by atoms with E-state index in [0.717, 1.165) is 9.58 Å². The maximum atomic E-state index is 13.7.